The molecule has 0 spiro atoms. The van der Waals surface area contributed by atoms with Crippen molar-refractivity contribution in [3.8, 4) is 5.75 Å². The Morgan fingerprint density at radius 3 is 2.76 bits per heavy atom. The summed E-state index contributed by atoms with van der Waals surface area (Å²) in [5.41, 5.74) is 0. The van der Waals surface area contributed by atoms with Crippen molar-refractivity contribution in [3.63, 3.8) is 0 Å². The monoisotopic (exact) mass is 319 g/mol. The number of carboxylic acid groups (broad SMARTS) is 1. The van der Waals surface area contributed by atoms with Crippen LogP contribution in [0.1, 0.15) is 6.42 Å². The van der Waals surface area contributed by atoms with Crippen LogP contribution in [0.5, 0.6) is 5.75 Å². The molecule has 0 fully saturated rings. The molecule has 0 radical (unpaired) electrons. The van der Waals surface area contributed by atoms with Gasteiger partial charge in [-0.25, -0.2) is 9.18 Å². The Morgan fingerprint density at radius 1 is 1.48 bits per heavy atom. The average molecular weight is 320 g/mol. The summed E-state index contributed by atoms with van der Waals surface area (Å²) < 4.78 is 22.8. The molecule has 8 heteroatoms. The van der Waals surface area contributed by atoms with Crippen LogP contribution in [-0.2, 0) is 14.3 Å². The van der Waals surface area contributed by atoms with Gasteiger partial charge in [-0.3, -0.25) is 4.79 Å². The Labute approximate surface area is 125 Å². The lowest BCUT2D eigenvalue weighted by Crippen LogP contribution is -2.43. The molecular weight excluding hydrogens is 305 g/mol. The minimum absolute atomic E-state index is 0.128. The van der Waals surface area contributed by atoms with Gasteiger partial charge in [-0.1, -0.05) is 11.6 Å². The van der Waals surface area contributed by atoms with Gasteiger partial charge in [-0.2, -0.15) is 0 Å². The van der Waals surface area contributed by atoms with Crippen LogP contribution >= 0.6 is 11.6 Å². The van der Waals surface area contributed by atoms with Gasteiger partial charge in [0.1, 0.15) is 17.6 Å². The number of halogens is 2. The van der Waals surface area contributed by atoms with Gasteiger partial charge < -0.3 is 19.9 Å². The van der Waals surface area contributed by atoms with Crippen molar-refractivity contribution in [2.75, 3.05) is 20.3 Å². The van der Waals surface area contributed by atoms with Gasteiger partial charge in [0, 0.05) is 26.2 Å². The minimum Gasteiger partial charge on any atom is -0.484 e. The van der Waals surface area contributed by atoms with E-state index >= 15 is 0 Å². The predicted molar refractivity (Wildman–Crippen MR) is 73.0 cm³/mol. The molecule has 0 saturated carbocycles. The second kappa shape index (κ2) is 8.43. The number of amides is 1. The maximum atomic E-state index is 12.9. The van der Waals surface area contributed by atoms with Crippen LogP contribution in [-0.4, -0.2) is 43.3 Å². The van der Waals surface area contributed by atoms with Crippen molar-refractivity contribution < 1.29 is 28.6 Å². The number of carboxylic acids is 1. The van der Waals surface area contributed by atoms with Crippen molar-refractivity contribution in [1.82, 2.24) is 5.32 Å². The third kappa shape index (κ3) is 5.97. The number of ether oxygens (including phenoxy) is 2. The molecule has 0 aromatic heterocycles. The average Bonchev–Trinajstić information content (AvgIpc) is 2.44. The smallest absolute Gasteiger partial charge is 0.326 e. The topological polar surface area (TPSA) is 84.9 Å². The Balaban J connectivity index is 2.48. The highest BCUT2D eigenvalue weighted by Crippen LogP contribution is 2.20. The molecule has 0 aliphatic carbocycles. The number of hydrogen-bond acceptors (Lipinski definition) is 4. The molecule has 6 nitrogen and oxygen atoms in total. The zero-order valence-corrected chi connectivity index (χ0v) is 12.0. The van der Waals surface area contributed by atoms with Crippen molar-refractivity contribution in [2.24, 2.45) is 0 Å². The van der Waals surface area contributed by atoms with Crippen LogP contribution < -0.4 is 10.1 Å². The van der Waals surface area contributed by atoms with Gasteiger partial charge in [-0.05, 0) is 12.1 Å². The first-order valence-electron chi connectivity index (χ1n) is 6.03. The summed E-state index contributed by atoms with van der Waals surface area (Å²) in [6.07, 6.45) is 0.139. The Morgan fingerprint density at radius 2 is 2.19 bits per heavy atom. The fourth-order valence-electron chi connectivity index (χ4n) is 1.44. The summed E-state index contributed by atoms with van der Waals surface area (Å²) >= 11 is 5.57. The molecule has 116 valence electrons. The maximum Gasteiger partial charge on any atom is 0.326 e. The van der Waals surface area contributed by atoms with E-state index in [9.17, 15) is 14.0 Å². The highest BCUT2D eigenvalue weighted by atomic mass is 35.5. The maximum absolute atomic E-state index is 12.9. The minimum atomic E-state index is -1.16. The number of aliphatic carboxylic acids is 1. The highest BCUT2D eigenvalue weighted by molar-refractivity contribution is 6.30. The van der Waals surface area contributed by atoms with Crippen molar-refractivity contribution >= 4 is 23.5 Å². The first-order valence-corrected chi connectivity index (χ1v) is 6.40. The van der Waals surface area contributed by atoms with Gasteiger partial charge in [0.15, 0.2) is 6.61 Å². The Bertz CT molecular complexity index is 511. The van der Waals surface area contributed by atoms with Gasteiger partial charge in [0.25, 0.3) is 5.91 Å². The number of carbonyl (C=O) groups excluding carboxylic acids is 1. The van der Waals surface area contributed by atoms with E-state index in [1.54, 1.807) is 0 Å². The van der Waals surface area contributed by atoms with Gasteiger partial charge in [-0.15, -0.1) is 0 Å². The number of hydrogen-bond donors (Lipinski definition) is 2. The highest BCUT2D eigenvalue weighted by Gasteiger charge is 2.19. The molecule has 0 heterocycles. The molecule has 1 amide bonds. The van der Waals surface area contributed by atoms with Crippen LogP contribution in [0.25, 0.3) is 0 Å². The summed E-state index contributed by atoms with van der Waals surface area (Å²) in [4.78, 5) is 22.5. The summed E-state index contributed by atoms with van der Waals surface area (Å²) in [6, 6.07) is 2.59. The van der Waals surface area contributed by atoms with Crippen LogP contribution in [0.15, 0.2) is 18.2 Å². The fraction of sp³-hybridized carbons (Fsp3) is 0.385. The first-order chi connectivity index (χ1) is 9.93. The van der Waals surface area contributed by atoms with Crippen molar-refractivity contribution in [1.29, 1.82) is 0 Å². The third-order valence-electron chi connectivity index (χ3n) is 2.50. The number of nitrogens with one attached hydrogen (secondary N) is 1. The van der Waals surface area contributed by atoms with Crippen molar-refractivity contribution in [3.05, 3.63) is 29.0 Å². The lowest BCUT2D eigenvalue weighted by Gasteiger charge is -2.14. The summed E-state index contributed by atoms with van der Waals surface area (Å²) in [5, 5.41) is 11.1. The molecule has 1 unspecified atom stereocenters. The molecule has 0 aliphatic rings. The third-order valence-corrected chi connectivity index (χ3v) is 2.79. The molecule has 1 aromatic rings. The zero-order valence-electron chi connectivity index (χ0n) is 11.3. The normalized spacial score (nSPS) is 11.8. The predicted octanol–water partition coefficient (Wildman–Crippen LogP) is 1.46. The van der Waals surface area contributed by atoms with Gasteiger partial charge in [0.2, 0.25) is 0 Å². The largest absolute Gasteiger partial charge is 0.484 e. The van der Waals surface area contributed by atoms with E-state index in [-0.39, 0.29) is 23.8 Å². The summed E-state index contributed by atoms with van der Waals surface area (Å²) in [5.74, 6) is -2.16. The second-order valence-corrected chi connectivity index (χ2v) is 4.51. The second-order valence-electron chi connectivity index (χ2n) is 4.10. The lowest BCUT2D eigenvalue weighted by molar-refractivity contribution is -0.142. The van der Waals surface area contributed by atoms with E-state index in [4.69, 9.17) is 26.2 Å². The Hall–Kier alpha value is -1.86. The van der Waals surface area contributed by atoms with E-state index in [0.717, 1.165) is 6.07 Å². The summed E-state index contributed by atoms with van der Waals surface area (Å²) in [6.45, 7) is -0.204. The Kier molecular flexibility index (Phi) is 6.90. The number of rotatable bonds is 8. The SMILES string of the molecule is COCCC(NC(=O)COc1ccc(F)c(Cl)c1)C(=O)O. The lowest BCUT2D eigenvalue weighted by atomic mass is 10.2. The molecule has 0 aliphatic heterocycles. The van der Waals surface area contributed by atoms with Gasteiger partial charge in [0.05, 0.1) is 5.02 Å². The quantitative estimate of drug-likeness (QED) is 0.758. The number of methoxy groups -OCH3 is 1. The van der Waals surface area contributed by atoms with E-state index < -0.39 is 30.3 Å². The van der Waals surface area contributed by atoms with E-state index in [2.05, 4.69) is 5.32 Å². The molecule has 0 saturated heterocycles. The standard InChI is InChI=1S/C13H15ClFNO5/c1-20-5-4-11(13(18)19)16-12(17)7-21-8-2-3-10(15)9(14)6-8/h2-3,6,11H,4-5,7H2,1H3,(H,16,17)(H,18,19). The molecule has 1 aromatic carbocycles. The molecule has 1 atom stereocenters. The van der Waals surface area contributed by atoms with Crippen LogP contribution in [0, 0.1) is 5.82 Å². The number of benzene rings is 1. The van der Waals surface area contributed by atoms with Crippen molar-refractivity contribution in [2.45, 2.75) is 12.5 Å². The van der Waals surface area contributed by atoms with E-state index in [1.807, 2.05) is 0 Å². The zero-order chi connectivity index (χ0) is 15.8. The molecular formula is C13H15ClFNO5. The van der Waals surface area contributed by atoms with Crippen LogP contribution in [0.3, 0.4) is 0 Å². The molecule has 2 N–H and O–H groups in total. The molecule has 1 rings (SSSR count). The van der Waals surface area contributed by atoms with Crippen LogP contribution in [0.4, 0.5) is 4.39 Å². The van der Waals surface area contributed by atoms with Gasteiger partial charge >= 0.3 is 5.97 Å². The van der Waals surface area contributed by atoms with E-state index in [1.165, 1.54) is 19.2 Å². The van der Waals surface area contributed by atoms with Crippen LogP contribution in [0.2, 0.25) is 5.02 Å². The number of carbonyl (C=O) groups is 2. The summed E-state index contributed by atoms with van der Waals surface area (Å²) in [7, 11) is 1.43. The fourth-order valence-corrected chi connectivity index (χ4v) is 1.62. The molecule has 0 bridgehead atoms. The molecule has 21 heavy (non-hydrogen) atoms. The first kappa shape index (κ1) is 17.2. The van der Waals surface area contributed by atoms with E-state index in [0.29, 0.717) is 0 Å².